The summed E-state index contributed by atoms with van der Waals surface area (Å²) >= 11 is 9.22. The summed E-state index contributed by atoms with van der Waals surface area (Å²) in [7, 11) is 1.67. The lowest BCUT2D eigenvalue weighted by atomic mass is 10.1. The first-order valence-corrected chi connectivity index (χ1v) is 7.77. The lowest BCUT2D eigenvalue weighted by Crippen LogP contribution is -2.00. The molecule has 0 saturated carbocycles. The Balaban J connectivity index is 1.96. The Morgan fingerprint density at radius 3 is 2.40 bits per heavy atom. The third-order valence-corrected chi connectivity index (χ3v) is 3.86. The molecule has 20 heavy (non-hydrogen) atoms. The largest absolute Gasteiger partial charge is 0.496 e. The van der Waals surface area contributed by atoms with E-state index in [1.165, 1.54) is 11.1 Å². The predicted octanol–water partition coefficient (Wildman–Crippen LogP) is 4.85. The lowest BCUT2D eigenvalue weighted by Gasteiger charge is -2.09. The van der Waals surface area contributed by atoms with Crippen molar-refractivity contribution in [2.24, 2.45) is 0 Å². The van der Waals surface area contributed by atoms with E-state index in [0.29, 0.717) is 5.88 Å². The Kier molecular flexibility index (Phi) is 5.74. The first-order valence-electron chi connectivity index (χ1n) is 6.44. The van der Waals surface area contributed by atoms with E-state index in [2.05, 4.69) is 57.6 Å². The molecular weight excluding hydrogens is 338 g/mol. The van der Waals surface area contributed by atoms with Crippen LogP contribution in [0.15, 0.2) is 46.9 Å². The highest BCUT2D eigenvalue weighted by molar-refractivity contribution is 9.10. The van der Waals surface area contributed by atoms with Crippen LogP contribution in [-0.2, 0) is 13.0 Å². The van der Waals surface area contributed by atoms with Crippen LogP contribution in [0.1, 0.15) is 11.1 Å². The molecular formula is C16H17BrClNO. The van der Waals surface area contributed by atoms with Crippen molar-refractivity contribution in [2.45, 2.75) is 13.0 Å². The van der Waals surface area contributed by atoms with Gasteiger partial charge in [0.2, 0.25) is 0 Å². The number of hydrogen-bond donors (Lipinski definition) is 1. The Hall–Kier alpha value is -1.19. The molecule has 0 radical (unpaired) electrons. The topological polar surface area (TPSA) is 21.3 Å². The fourth-order valence-corrected chi connectivity index (χ4v) is 2.73. The quantitative estimate of drug-likeness (QED) is 0.749. The molecule has 106 valence electrons. The van der Waals surface area contributed by atoms with Gasteiger partial charge in [0.05, 0.1) is 11.6 Å². The molecule has 2 aromatic carbocycles. The van der Waals surface area contributed by atoms with Gasteiger partial charge in [0.15, 0.2) is 0 Å². The van der Waals surface area contributed by atoms with Crippen molar-refractivity contribution in [3.63, 3.8) is 0 Å². The van der Waals surface area contributed by atoms with Crippen molar-refractivity contribution < 1.29 is 4.74 Å². The minimum Gasteiger partial charge on any atom is -0.496 e. The number of halogens is 2. The summed E-state index contributed by atoms with van der Waals surface area (Å²) in [6, 6.07) is 14.5. The molecule has 0 spiro atoms. The molecule has 4 heteroatoms. The smallest absolute Gasteiger partial charge is 0.133 e. The third kappa shape index (κ3) is 4.15. The lowest BCUT2D eigenvalue weighted by molar-refractivity contribution is 0.412. The normalized spacial score (nSPS) is 10.3. The molecule has 2 rings (SSSR count). The van der Waals surface area contributed by atoms with E-state index in [4.69, 9.17) is 16.3 Å². The summed E-state index contributed by atoms with van der Waals surface area (Å²) in [6.07, 6.45) is 0.910. The minimum absolute atomic E-state index is 0.659. The summed E-state index contributed by atoms with van der Waals surface area (Å²) in [4.78, 5) is 0. The summed E-state index contributed by atoms with van der Waals surface area (Å²) in [5, 5.41) is 3.40. The fourth-order valence-electron chi connectivity index (χ4n) is 1.92. The maximum Gasteiger partial charge on any atom is 0.133 e. The Morgan fingerprint density at radius 1 is 1.10 bits per heavy atom. The fraction of sp³-hybridized carbons (Fsp3) is 0.250. The first kappa shape index (κ1) is 15.2. The van der Waals surface area contributed by atoms with Crippen molar-refractivity contribution in [3.8, 4) is 5.75 Å². The van der Waals surface area contributed by atoms with E-state index in [1.807, 2.05) is 6.07 Å². The summed E-state index contributed by atoms with van der Waals surface area (Å²) in [5.41, 5.74) is 3.57. The van der Waals surface area contributed by atoms with Gasteiger partial charge in [-0.2, -0.15) is 0 Å². The van der Waals surface area contributed by atoms with Crippen molar-refractivity contribution in [1.82, 2.24) is 0 Å². The van der Waals surface area contributed by atoms with E-state index in [-0.39, 0.29) is 0 Å². The Labute approximate surface area is 133 Å². The molecule has 0 unspecified atom stereocenters. The molecule has 2 nitrogen and oxygen atoms in total. The van der Waals surface area contributed by atoms with Crippen LogP contribution in [0.25, 0.3) is 0 Å². The Bertz CT molecular complexity index is 557. The van der Waals surface area contributed by atoms with Crippen LogP contribution in [0.2, 0.25) is 0 Å². The second-order valence-electron chi connectivity index (χ2n) is 4.46. The average molecular weight is 355 g/mol. The zero-order valence-corrected chi connectivity index (χ0v) is 13.7. The van der Waals surface area contributed by atoms with Gasteiger partial charge in [-0.3, -0.25) is 0 Å². The molecule has 0 aliphatic heterocycles. The summed E-state index contributed by atoms with van der Waals surface area (Å²) in [6.45, 7) is 0.775. The molecule has 0 aromatic heterocycles. The maximum atomic E-state index is 5.73. The van der Waals surface area contributed by atoms with Gasteiger partial charge in [-0.25, -0.2) is 0 Å². The zero-order chi connectivity index (χ0) is 14.4. The number of hydrogen-bond acceptors (Lipinski definition) is 2. The van der Waals surface area contributed by atoms with Crippen LogP contribution in [0.4, 0.5) is 5.69 Å². The molecule has 0 amide bonds. The van der Waals surface area contributed by atoms with Crippen molar-refractivity contribution in [3.05, 3.63) is 58.1 Å². The second kappa shape index (κ2) is 7.55. The van der Waals surface area contributed by atoms with Gasteiger partial charge < -0.3 is 10.1 Å². The first-order chi connectivity index (χ1) is 9.72. The monoisotopic (exact) mass is 353 g/mol. The van der Waals surface area contributed by atoms with Gasteiger partial charge in [0.25, 0.3) is 0 Å². The number of rotatable bonds is 6. The van der Waals surface area contributed by atoms with Crippen molar-refractivity contribution >= 4 is 33.2 Å². The van der Waals surface area contributed by atoms with Gasteiger partial charge >= 0.3 is 0 Å². The molecule has 1 N–H and O–H groups in total. The van der Waals surface area contributed by atoms with Crippen LogP contribution >= 0.6 is 27.5 Å². The van der Waals surface area contributed by atoms with Crippen molar-refractivity contribution in [1.29, 1.82) is 0 Å². The van der Waals surface area contributed by atoms with Crippen LogP contribution in [0.3, 0.4) is 0 Å². The highest BCUT2D eigenvalue weighted by atomic mass is 79.9. The second-order valence-corrected chi connectivity index (χ2v) is 5.69. The molecule has 0 fully saturated rings. The van der Waals surface area contributed by atoms with Crippen LogP contribution < -0.4 is 10.1 Å². The van der Waals surface area contributed by atoms with E-state index in [9.17, 15) is 0 Å². The van der Waals surface area contributed by atoms with Crippen molar-refractivity contribution in [2.75, 3.05) is 18.3 Å². The number of aryl methyl sites for hydroxylation is 1. The van der Waals surface area contributed by atoms with E-state index < -0.39 is 0 Å². The number of alkyl halides is 1. The highest BCUT2D eigenvalue weighted by Crippen LogP contribution is 2.25. The molecule has 0 atom stereocenters. The SMILES string of the molecule is COc1ccc(CNc2ccc(CCCl)cc2)cc1Br. The predicted molar refractivity (Wildman–Crippen MR) is 88.9 cm³/mol. The standard InChI is InChI=1S/C16H17BrClNO/c1-20-16-7-4-13(10-15(16)17)11-19-14-5-2-12(3-6-14)8-9-18/h2-7,10,19H,8-9,11H2,1H3. The molecule has 0 bridgehead atoms. The summed E-state index contributed by atoms with van der Waals surface area (Å²) < 4.78 is 6.19. The van der Waals surface area contributed by atoms with Gasteiger partial charge in [0.1, 0.15) is 5.75 Å². The average Bonchev–Trinajstić information content (AvgIpc) is 2.47. The maximum absolute atomic E-state index is 5.73. The molecule has 0 aliphatic rings. The van der Waals surface area contributed by atoms with Crippen LogP contribution in [-0.4, -0.2) is 13.0 Å². The number of methoxy groups -OCH3 is 1. The highest BCUT2D eigenvalue weighted by Gasteiger charge is 2.01. The number of ether oxygens (including phenoxy) is 1. The number of benzene rings is 2. The van der Waals surface area contributed by atoms with Crippen LogP contribution in [0, 0.1) is 0 Å². The minimum atomic E-state index is 0.659. The molecule has 0 saturated heterocycles. The summed E-state index contributed by atoms with van der Waals surface area (Å²) in [5.74, 6) is 1.51. The van der Waals surface area contributed by atoms with E-state index in [1.54, 1.807) is 7.11 Å². The molecule has 2 aromatic rings. The molecule has 0 heterocycles. The number of nitrogens with one attached hydrogen (secondary N) is 1. The van der Waals surface area contributed by atoms with Gasteiger partial charge in [-0.1, -0.05) is 18.2 Å². The van der Waals surface area contributed by atoms with Gasteiger partial charge in [-0.15, -0.1) is 11.6 Å². The third-order valence-electron chi connectivity index (χ3n) is 3.05. The zero-order valence-electron chi connectivity index (χ0n) is 11.3. The van der Waals surface area contributed by atoms with Gasteiger partial charge in [0, 0.05) is 18.1 Å². The van der Waals surface area contributed by atoms with E-state index in [0.717, 1.165) is 28.9 Å². The number of anilines is 1. The van der Waals surface area contributed by atoms with Gasteiger partial charge in [-0.05, 0) is 57.7 Å². The van der Waals surface area contributed by atoms with Crippen LogP contribution in [0.5, 0.6) is 5.75 Å². The van der Waals surface area contributed by atoms with E-state index >= 15 is 0 Å². The Morgan fingerprint density at radius 2 is 1.80 bits per heavy atom. The molecule has 0 aliphatic carbocycles.